The Morgan fingerprint density at radius 2 is 1.96 bits per heavy atom. The highest BCUT2D eigenvalue weighted by molar-refractivity contribution is 6.30. The lowest BCUT2D eigenvalue weighted by atomic mass is 9.98. The van der Waals surface area contributed by atoms with Crippen LogP contribution in [0, 0.1) is 0 Å². The lowest BCUT2D eigenvalue weighted by Gasteiger charge is -2.34. The van der Waals surface area contributed by atoms with Crippen molar-refractivity contribution in [2.75, 3.05) is 18.0 Å². The number of benzene rings is 2. The maximum Gasteiger partial charge on any atom is 0.239 e. The second kappa shape index (κ2) is 7.02. The Balaban J connectivity index is 1.60. The molecule has 0 fully saturated rings. The Morgan fingerprint density at radius 3 is 2.74 bits per heavy atom. The second-order valence-corrected chi connectivity index (χ2v) is 6.31. The van der Waals surface area contributed by atoms with Gasteiger partial charge in [-0.05, 0) is 35.7 Å². The molecular weight excluding hydrogens is 310 g/mol. The van der Waals surface area contributed by atoms with Gasteiger partial charge in [0, 0.05) is 29.8 Å². The first kappa shape index (κ1) is 15.8. The number of hydrogen-bond acceptors (Lipinski definition) is 3. The summed E-state index contributed by atoms with van der Waals surface area (Å²) >= 11 is 5.86. The van der Waals surface area contributed by atoms with Crippen LogP contribution in [0.3, 0.4) is 0 Å². The summed E-state index contributed by atoms with van der Waals surface area (Å²) in [7, 11) is 0. The predicted octanol–water partition coefficient (Wildman–Crippen LogP) is 2.35. The van der Waals surface area contributed by atoms with Crippen molar-refractivity contribution in [2.24, 2.45) is 5.73 Å². The van der Waals surface area contributed by atoms with Crippen LogP contribution < -0.4 is 16.0 Å². The first-order chi connectivity index (χ1) is 11.1. The average molecular weight is 330 g/mol. The van der Waals surface area contributed by atoms with Crippen LogP contribution in [0.5, 0.6) is 0 Å². The first-order valence-corrected chi connectivity index (χ1v) is 8.09. The van der Waals surface area contributed by atoms with E-state index in [4.69, 9.17) is 17.3 Å². The van der Waals surface area contributed by atoms with Crippen LogP contribution in [0.1, 0.15) is 11.1 Å². The van der Waals surface area contributed by atoms with Crippen LogP contribution >= 0.6 is 11.6 Å². The van der Waals surface area contributed by atoms with Crippen LogP contribution in [0.15, 0.2) is 48.5 Å². The van der Waals surface area contributed by atoms with E-state index < -0.39 is 0 Å². The van der Waals surface area contributed by atoms with Crippen LogP contribution in [-0.2, 0) is 17.8 Å². The number of nitrogens with two attached hydrogens (primary N) is 1. The van der Waals surface area contributed by atoms with E-state index in [1.165, 1.54) is 5.56 Å². The van der Waals surface area contributed by atoms with Crippen LogP contribution in [0.4, 0.5) is 5.69 Å². The first-order valence-electron chi connectivity index (χ1n) is 7.71. The van der Waals surface area contributed by atoms with Gasteiger partial charge in [0.25, 0.3) is 0 Å². The molecule has 1 unspecified atom stereocenters. The second-order valence-electron chi connectivity index (χ2n) is 5.88. The molecule has 23 heavy (non-hydrogen) atoms. The summed E-state index contributed by atoms with van der Waals surface area (Å²) in [5.41, 5.74) is 9.45. The highest BCUT2D eigenvalue weighted by Gasteiger charge is 2.23. The lowest BCUT2D eigenvalue weighted by molar-refractivity contribution is -0.119. The zero-order valence-corrected chi connectivity index (χ0v) is 13.6. The normalized spacial score (nSPS) is 16.8. The third kappa shape index (κ3) is 4.03. The largest absolute Gasteiger partial charge is 0.360 e. The topological polar surface area (TPSA) is 58.4 Å². The van der Waals surface area contributed by atoms with Crippen LogP contribution in [0.2, 0.25) is 5.02 Å². The molecule has 1 amide bonds. The fourth-order valence-electron chi connectivity index (χ4n) is 2.90. The number of anilines is 1. The van der Waals surface area contributed by atoms with Crippen molar-refractivity contribution in [2.45, 2.75) is 19.0 Å². The number of rotatable bonds is 4. The van der Waals surface area contributed by atoms with E-state index in [1.807, 2.05) is 42.5 Å². The number of nitrogens with zero attached hydrogens (tertiary/aromatic N) is 1. The molecule has 0 saturated carbocycles. The molecule has 5 heteroatoms. The third-order valence-electron chi connectivity index (χ3n) is 4.01. The quantitative estimate of drug-likeness (QED) is 0.905. The Kier molecular flexibility index (Phi) is 4.84. The van der Waals surface area contributed by atoms with Crippen molar-refractivity contribution < 1.29 is 4.79 Å². The molecule has 1 aliphatic heterocycles. The zero-order valence-electron chi connectivity index (χ0n) is 12.8. The van der Waals surface area contributed by atoms with E-state index in [0.717, 1.165) is 17.7 Å². The minimum absolute atomic E-state index is 0.0103. The third-order valence-corrected chi connectivity index (χ3v) is 4.26. The monoisotopic (exact) mass is 329 g/mol. The molecule has 0 aliphatic carbocycles. The molecule has 0 radical (unpaired) electrons. The summed E-state index contributed by atoms with van der Waals surface area (Å²) in [6.07, 6.45) is 0.860. The summed E-state index contributed by atoms with van der Waals surface area (Å²) < 4.78 is 0. The molecule has 4 nitrogen and oxygen atoms in total. The van der Waals surface area contributed by atoms with Crippen LogP contribution in [-0.4, -0.2) is 25.0 Å². The average Bonchev–Trinajstić information content (AvgIpc) is 2.54. The summed E-state index contributed by atoms with van der Waals surface area (Å²) in [6, 6.07) is 15.7. The van der Waals surface area contributed by atoms with E-state index in [-0.39, 0.29) is 11.9 Å². The van der Waals surface area contributed by atoms with Crippen molar-refractivity contribution in [1.29, 1.82) is 0 Å². The summed E-state index contributed by atoms with van der Waals surface area (Å²) in [5.74, 6) is -0.0103. The van der Waals surface area contributed by atoms with Crippen LogP contribution in [0.25, 0.3) is 0 Å². The zero-order chi connectivity index (χ0) is 16.2. The highest BCUT2D eigenvalue weighted by atomic mass is 35.5. The van der Waals surface area contributed by atoms with Gasteiger partial charge in [0.2, 0.25) is 5.91 Å². The van der Waals surface area contributed by atoms with Gasteiger partial charge in [-0.1, -0.05) is 41.9 Å². The molecule has 1 aliphatic rings. The molecule has 0 spiro atoms. The molecule has 3 N–H and O–H groups in total. The lowest BCUT2D eigenvalue weighted by Crippen LogP contribution is -2.47. The van der Waals surface area contributed by atoms with E-state index in [9.17, 15) is 4.79 Å². The van der Waals surface area contributed by atoms with Crippen molar-refractivity contribution in [1.82, 2.24) is 5.32 Å². The predicted molar refractivity (Wildman–Crippen MR) is 93.6 cm³/mol. The van der Waals surface area contributed by atoms with Gasteiger partial charge in [-0.15, -0.1) is 0 Å². The summed E-state index contributed by atoms with van der Waals surface area (Å²) in [4.78, 5) is 14.3. The highest BCUT2D eigenvalue weighted by Crippen LogP contribution is 2.25. The van der Waals surface area contributed by atoms with Gasteiger partial charge in [0.05, 0.1) is 6.54 Å². The molecule has 0 saturated heterocycles. The summed E-state index contributed by atoms with van der Waals surface area (Å²) in [6.45, 7) is 1.52. The number of amides is 1. The number of carbonyl (C=O) groups is 1. The molecular formula is C18H20ClN3O. The maximum atomic E-state index is 12.2. The minimum atomic E-state index is -0.0103. The number of halogens is 1. The number of hydrogen-bond donors (Lipinski definition) is 2. The Labute approximate surface area is 141 Å². The molecule has 3 rings (SSSR count). The SMILES string of the molecule is NC1Cc2ccccc2N(CC(=O)NCc2ccc(Cl)cc2)C1. The number of para-hydroxylation sites is 1. The van der Waals surface area contributed by atoms with E-state index >= 15 is 0 Å². The summed E-state index contributed by atoms with van der Waals surface area (Å²) in [5, 5.41) is 3.64. The fraction of sp³-hybridized carbons (Fsp3) is 0.278. The van der Waals surface area contributed by atoms with Crippen molar-refractivity contribution in [3.8, 4) is 0 Å². The van der Waals surface area contributed by atoms with Gasteiger partial charge in [0.1, 0.15) is 0 Å². The Morgan fingerprint density at radius 1 is 1.22 bits per heavy atom. The standard InChI is InChI=1S/C18H20ClN3O/c19-15-7-5-13(6-8-15)10-21-18(23)12-22-11-16(20)9-14-3-1-2-4-17(14)22/h1-8,16H,9-12,20H2,(H,21,23). The Hall–Kier alpha value is -2.04. The van der Waals surface area contributed by atoms with Crippen molar-refractivity contribution in [3.05, 3.63) is 64.7 Å². The molecule has 1 heterocycles. The van der Waals surface area contributed by atoms with Gasteiger partial charge >= 0.3 is 0 Å². The van der Waals surface area contributed by atoms with E-state index in [2.05, 4.69) is 16.3 Å². The molecule has 120 valence electrons. The van der Waals surface area contributed by atoms with Gasteiger partial charge in [-0.3, -0.25) is 4.79 Å². The number of carbonyl (C=O) groups excluding carboxylic acids is 1. The molecule has 2 aromatic rings. The van der Waals surface area contributed by atoms with Gasteiger partial charge in [0.15, 0.2) is 0 Å². The molecule has 2 aromatic carbocycles. The van der Waals surface area contributed by atoms with Gasteiger partial charge in [-0.25, -0.2) is 0 Å². The number of fused-ring (bicyclic) bond motifs is 1. The van der Waals surface area contributed by atoms with E-state index in [0.29, 0.717) is 24.7 Å². The fourth-order valence-corrected chi connectivity index (χ4v) is 3.03. The Bertz CT molecular complexity index is 687. The van der Waals surface area contributed by atoms with Crippen molar-refractivity contribution in [3.63, 3.8) is 0 Å². The maximum absolute atomic E-state index is 12.2. The molecule has 0 bridgehead atoms. The molecule has 0 aromatic heterocycles. The minimum Gasteiger partial charge on any atom is -0.360 e. The van der Waals surface area contributed by atoms with Gasteiger partial charge in [-0.2, -0.15) is 0 Å². The number of nitrogens with one attached hydrogen (secondary N) is 1. The smallest absolute Gasteiger partial charge is 0.239 e. The van der Waals surface area contributed by atoms with E-state index in [1.54, 1.807) is 0 Å². The van der Waals surface area contributed by atoms with Crippen molar-refractivity contribution >= 4 is 23.2 Å². The van der Waals surface area contributed by atoms with Gasteiger partial charge < -0.3 is 16.0 Å². The molecule has 1 atom stereocenters.